The van der Waals surface area contributed by atoms with Crippen LogP contribution < -0.4 is 10.6 Å². The fourth-order valence-corrected chi connectivity index (χ4v) is 6.46. The zero-order chi connectivity index (χ0) is 21.5. The summed E-state index contributed by atoms with van der Waals surface area (Å²) in [6.45, 7) is 1.44. The van der Waals surface area contributed by atoms with Gasteiger partial charge in [0, 0.05) is 19.1 Å². The molecule has 3 aliphatic rings. The Morgan fingerprint density at radius 1 is 1.07 bits per heavy atom. The van der Waals surface area contributed by atoms with Gasteiger partial charge in [0.05, 0.1) is 16.5 Å². The first-order chi connectivity index (χ1) is 14.2. The van der Waals surface area contributed by atoms with E-state index in [0.717, 1.165) is 62.9 Å². The van der Waals surface area contributed by atoms with E-state index < -0.39 is 21.8 Å². The largest absolute Gasteiger partial charge is 0.416 e. The van der Waals surface area contributed by atoms with Crippen LogP contribution in [0.2, 0.25) is 0 Å². The second-order valence-corrected chi connectivity index (χ2v) is 10.4. The summed E-state index contributed by atoms with van der Waals surface area (Å²) in [7, 11) is -3.87. The van der Waals surface area contributed by atoms with Gasteiger partial charge in [-0.1, -0.05) is 6.42 Å². The number of sulfonamides is 1. The molecular formula is C20H26F3N3O3S. The van der Waals surface area contributed by atoms with Crippen molar-refractivity contribution in [3.05, 3.63) is 29.8 Å². The van der Waals surface area contributed by atoms with Crippen molar-refractivity contribution in [2.24, 2.45) is 11.8 Å². The molecule has 1 amide bonds. The molecule has 0 radical (unpaired) electrons. The lowest BCUT2D eigenvalue weighted by atomic mass is 9.97. The van der Waals surface area contributed by atoms with E-state index in [1.165, 1.54) is 4.31 Å². The molecule has 6 nitrogen and oxygen atoms in total. The van der Waals surface area contributed by atoms with Crippen molar-refractivity contribution >= 4 is 15.9 Å². The average Bonchev–Trinajstić information content (AvgIpc) is 3.30. The Kier molecular flexibility index (Phi) is 5.84. The van der Waals surface area contributed by atoms with Gasteiger partial charge in [0.2, 0.25) is 15.9 Å². The first-order valence-electron chi connectivity index (χ1n) is 10.4. The van der Waals surface area contributed by atoms with Crippen LogP contribution in [-0.2, 0) is 21.0 Å². The lowest BCUT2D eigenvalue weighted by Crippen LogP contribution is -2.51. The Labute approximate surface area is 174 Å². The normalized spacial score (nSPS) is 30.2. The molecule has 2 N–H and O–H groups in total. The minimum atomic E-state index is -4.51. The van der Waals surface area contributed by atoms with Gasteiger partial charge in [0.15, 0.2) is 0 Å². The number of halogens is 3. The summed E-state index contributed by atoms with van der Waals surface area (Å²) in [6.07, 6.45) is 0.0248. The van der Waals surface area contributed by atoms with Gasteiger partial charge in [-0.05, 0) is 68.3 Å². The maximum atomic E-state index is 13.0. The molecule has 1 aromatic rings. The Morgan fingerprint density at radius 2 is 1.80 bits per heavy atom. The standard InChI is InChI=1S/C20H26F3N3O3S/c21-20(22,23)14-5-7-15(8-6-14)30(28,29)26-11-13-4-9-17(16(13)12-26)25-19(27)18-3-1-2-10-24-18/h5-8,13,16-18,24H,1-4,9-12H2,(H,25,27)/t13-,16+,17+,18?/m0/s1. The number of carbonyl (C=O) groups excluding carboxylic acids is 1. The fraction of sp³-hybridized carbons (Fsp3) is 0.650. The van der Waals surface area contributed by atoms with Gasteiger partial charge in [-0.25, -0.2) is 8.42 Å². The lowest BCUT2D eigenvalue weighted by Gasteiger charge is -2.27. The summed E-state index contributed by atoms with van der Waals surface area (Å²) in [5, 5.41) is 6.33. The third kappa shape index (κ3) is 4.22. The molecule has 10 heteroatoms. The quantitative estimate of drug-likeness (QED) is 0.746. The van der Waals surface area contributed by atoms with Gasteiger partial charge in [0.1, 0.15) is 0 Å². The van der Waals surface area contributed by atoms with E-state index in [0.29, 0.717) is 6.54 Å². The zero-order valence-electron chi connectivity index (χ0n) is 16.5. The summed E-state index contributed by atoms with van der Waals surface area (Å²) < 4.78 is 65.5. The van der Waals surface area contributed by atoms with Crippen molar-refractivity contribution in [2.45, 2.75) is 55.3 Å². The molecule has 2 saturated heterocycles. The second kappa shape index (κ2) is 8.12. The van der Waals surface area contributed by atoms with E-state index in [2.05, 4.69) is 10.6 Å². The molecule has 4 rings (SSSR count). The predicted molar refractivity (Wildman–Crippen MR) is 104 cm³/mol. The second-order valence-electron chi connectivity index (χ2n) is 8.46. The van der Waals surface area contributed by atoms with Crippen LogP contribution in [0.25, 0.3) is 0 Å². The topological polar surface area (TPSA) is 78.5 Å². The third-order valence-electron chi connectivity index (χ3n) is 6.60. The van der Waals surface area contributed by atoms with Crippen LogP contribution in [0.15, 0.2) is 29.2 Å². The number of fused-ring (bicyclic) bond motifs is 1. The van der Waals surface area contributed by atoms with Crippen LogP contribution in [0.5, 0.6) is 0 Å². The van der Waals surface area contributed by atoms with Crippen molar-refractivity contribution < 1.29 is 26.4 Å². The number of amides is 1. The predicted octanol–water partition coefficient (Wildman–Crippen LogP) is 2.36. The highest BCUT2D eigenvalue weighted by molar-refractivity contribution is 7.89. The van der Waals surface area contributed by atoms with Gasteiger partial charge in [0.25, 0.3) is 0 Å². The minimum absolute atomic E-state index is 0.0237. The van der Waals surface area contributed by atoms with E-state index in [4.69, 9.17) is 0 Å². The van der Waals surface area contributed by atoms with Gasteiger partial charge in [-0.3, -0.25) is 4.79 Å². The maximum absolute atomic E-state index is 13.0. The first kappa shape index (κ1) is 21.6. The monoisotopic (exact) mass is 445 g/mol. The zero-order valence-corrected chi connectivity index (χ0v) is 17.3. The van der Waals surface area contributed by atoms with Crippen LogP contribution >= 0.6 is 0 Å². The Hall–Kier alpha value is -1.65. The number of hydrogen-bond donors (Lipinski definition) is 2. The number of hydrogen-bond acceptors (Lipinski definition) is 4. The number of nitrogens with one attached hydrogen (secondary N) is 2. The first-order valence-corrected chi connectivity index (χ1v) is 11.8. The summed E-state index contributed by atoms with van der Waals surface area (Å²) in [4.78, 5) is 12.4. The van der Waals surface area contributed by atoms with Crippen molar-refractivity contribution in [1.82, 2.24) is 14.9 Å². The number of piperidine rings is 1. The molecular weight excluding hydrogens is 419 g/mol. The van der Waals surface area contributed by atoms with Crippen LogP contribution in [-0.4, -0.2) is 50.3 Å². The molecule has 3 fully saturated rings. The molecule has 1 aliphatic carbocycles. The number of alkyl halides is 3. The fourth-order valence-electron chi connectivity index (χ4n) is 4.92. The molecule has 0 bridgehead atoms. The highest BCUT2D eigenvalue weighted by Crippen LogP contribution is 2.40. The lowest BCUT2D eigenvalue weighted by molar-refractivity contribution is -0.137. The van der Waals surface area contributed by atoms with Gasteiger partial charge in [-0.15, -0.1) is 0 Å². The SMILES string of the molecule is O=C(N[C@@H]1CC[C@H]2CN(S(=O)(=O)c3ccc(C(F)(F)F)cc3)C[C@H]21)C1CCCCN1. The molecule has 166 valence electrons. The van der Waals surface area contributed by atoms with E-state index in [9.17, 15) is 26.4 Å². The highest BCUT2D eigenvalue weighted by Gasteiger charge is 2.47. The average molecular weight is 446 g/mol. The van der Waals surface area contributed by atoms with Crippen LogP contribution in [0.4, 0.5) is 13.2 Å². The minimum Gasteiger partial charge on any atom is -0.352 e. The maximum Gasteiger partial charge on any atom is 0.416 e. The number of rotatable bonds is 4. The molecule has 0 aromatic heterocycles. The molecule has 2 aliphatic heterocycles. The van der Waals surface area contributed by atoms with Crippen molar-refractivity contribution in [2.75, 3.05) is 19.6 Å². The summed E-state index contributed by atoms with van der Waals surface area (Å²) in [6, 6.07) is 3.36. The van der Waals surface area contributed by atoms with E-state index >= 15 is 0 Å². The van der Waals surface area contributed by atoms with E-state index in [-0.39, 0.29) is 41.3 Å². The molecule has 2 heterocycles. The Morgan fingerprint density at radius 3 is 2.43 bits per heavy atom. The molecule has 4 atom stereocenters. The molecule has 0 spiro atoms. The van der Waals surface area contributed by atoms with Crippen molar-refractivity contribution in [3.63, 3.8) is 0 Å². The summed E-state index contributed by atoms with van der Waals surface area (Å²) in [5.41, 5.74) is -0.876. The van der Waals surface area contributed by atoms with Crippen LogP contribution in [0, 0.1) is 11.8 Å². The van der Waals surface area contributed by atoms with Crippen molar-refractivity contribution in [1.29, 1.82) is 0 Å². The number of carbonyl (C=O) groups is 1. The summed E-state index contributed by atoms with van der Waals surface area (Å²) >= 11 is 0. The van der Waals surface area contributed by atoms with Crippen LogP contribution in [0.1, 0.15) is 37.7 Å². The third-order valence-corrected chi connectivity index (χ3v) is 8.44. The number of nitrogens with zero attached hydrogens (tertiary/aromatic N) is 1. The molecule has 1 aromatic carbocycles. The van der Waals surface area contributed by atoms with E-state index in [1.807, 2.05) is 0 Å². The van der Waals surface area contributed by atoms with Gasteiger partial charge in [-0.2, -0.15) is 17.5 Å². The Balaban J connectivity index is 1.42. The summed E-state index contributed by atoms with van der Waals surface area (Å²) in [5.74, 6) is 0.157. The van der Waals surface area contributed by atoms with E-state index in [1.54, 1.807) is 0 Å². The van der Waals surface area contributed by atoms with Crippen LogP contribution in [0.3, 0.4) is 0 Å². The van der Waals surface area contributed by atoms with Gasteiger partial charge < -0.3 is 10.6 Å². The number of benzene rings is 1. The Bertz CT molecular complexity index is 883. The molecule has 1 unspecified atom stereocenters. The smallest absolute Gasteiger partial charge is 0.352 e. The highest BCUT2D eigenvalue weighted by atomic mass is 32.2. The van der Waals surface area contributed by atoms with Gasteiger partial charge >= 0.3 is 6.18 Å². The van der Waals surface area contributed by atoms with Crippen molar-refractivity contribution in [3.8, 4) is 0 Å². The molecule has 1 saturated carbocycles. The molecule has 30 heavy (non-hydrogen) atoms.